The Balaban J connectivity index is 1.88. The Labute approximate surface area is 258 Å². The van der Waals surface area contributed by atoms with Crippen molar-refractivity contribution in [2.45, 2.75) is 65.3 Å². The summed E-state index contributed by atoms with van der Waals surface area (Å²) in [5, 5.41) is 0. The normalized spacial score (nSPS) is 20.8. The highest BCUT2D eigenvalue weighted by atomic mass is 16.7. The zero-order valence-electron chi connectivity index (χ0n) is 25.3. The number of methoxy groups -OCH3 is 1. The zero-order chi connectivity index (χ0) is 33.3. The first-order chi connectivity index (χ1) is 21.2. The number of carbonyl (C=O) groups is 6. The summed E-state index contributed by atoms with van der Waals surface area (Å²) in [5.41, 5.74) is 1.26. The van der Waals surface area contributed by atoms with Crippen LogP contribution in [0.1, 0.15) is 45.7 Å². The molecule has 1 saturated heterocycles. The average molecular weight is 629 g/mol. The van der Waals surface area contributed by atoms with Gasteiger partial charge in [-0.2, -0.15) is 0 Å². The predicted molar refractivity (Wildman–Crippen MR) is 152 cm³/mol. The van der Waals surface area contributed by atoms with Crippen LogP contribution in [0.5, 0.6) is 17.2 Å². The van der Waals surface area contributed by atoms with Gasteiger partial charge in [0.1, 0.15) is 17.2 Å². The molecule has 0 saturated carbocycles. The lowest BCUT2D eigenvalue weighted by atomic mass is 9.97. The summed E-state index contributed by atoms with van der Waals surface area (Å²) >= 11 is 0. The Hall–Kier alpha value is -5.24. The second kappa shape index (κ2) is 15.5. The maximum Gasteiger partial charge on any atom is 0.339 e. The second-order valence-electron chi connectivity index (χ2n) is 9.62. The average Bonchev–Trinajstić information content (AvgIpc) is 2.93. The van der Waals surface area contributed by atoms with Gasteiger partial charge in [-0.3, -0.25) is 24.0 Å². The second-order valence-corrected chi connectivity index (χ2v) is 9.62. The molecule has 0 bridgehead atoms. The van der Waals surface area contributed by atoms with Crippen molar-refractivity contribution in [3.05, 3.63) is 53.6 Å². The number of carbonyl (C=O) groups excluding carboxylic acids is 6. The van der Waals surface area contributed by atoms with Crippen LogP contribution in [0.15, 0.2) is 42.5 Å². The van der Waals surface area contributed by atoms with Gasteiger partial charge in [0.15, 0.2) is 18.3 Å². The van der Waals surface area contributed by atoms with Crippen LogP contribution in [0.25, 0.3) is 12.2 Å². The Morgan fingerprint density at radius 1 is 0.600 bits per heavy atom. The van der Waals surface area contributed by atoms with E-state index < -0.39 is 66.5 Å². The molecule has 2 aromatic carbocycles. The fraction of sp³-hybridized carbons (Fsp3) is 0.355. The first-order valence-electron chi connectivity index (χ1n) is 13.5. The molecule has 5 unspecified atom stereocenters. The van der Waals surface area contributed by atoms with Crippen molar-refractivity contribution >= 4 is 48.0 Å². The van der Waals surface area contributed by atoms with E-state index in [9.17, 15) is 28.8 Å². The van der Waals surface area contributed by atoms with Crippen LogP contribution < -0.4 is 14.2 Å². The maximum atomic E-state index is 12.6. The minimum Gasteiger partial charge on any atom is -0.467 e. The van der Waals surface area contributed by atoms with Crippen molar-refractivity contribution in [3.8, 4) is 17.2 Å². The molecule has 5 atom stereocenters. The first kappa shape index (κ1) is 34.3. The van der Waals surface area contributed by atoms with Gasteiger partial charge in [-0.1, -0.05) is 24.3 Å². The number of esters is 6. The van der Waals surface area contributed by atoms with Crippen molar-refractivity contribution < 1.29 is 66.7 Å². The smallest absolute Gasteiger partial charge is 0.339 e. The van der Waals surface area contributed by atoms with Crippen LogP contribution in [-0.2, 0) is 52.5 Å². The van der Waals surface area contributed by atoms with Gasteiger partial charge in [-0.25, -0.2) is 4.79 Å². The molecular formula is C31H32O14. The van der Waals surface area contributed by atoms with E-state index in [0.29, 0.717) is 11.1 Å². The van der Waals surface area contributed by atoms with E-state index >= 15 is 0 Å². The largest absolute Gasteiger partial charge is 0.467 e. The molecule has 45 heavy (non-hydrogen) atoms. The molecule has 0 aliphatic carbocycles. The van der Waals surface area contributed by atoms with E-state index in [-0.39, 0.29) is 17.2 Å². The van der Waals surface area contributed by atoms with Gasteiger partial charge in [-0.05, 0) is 35.4 Å². The van der Waals surface area contributed by atoms with E-state index in [0.717, 1.165) is 27.9 Å². The number of rotatable bonds is 10. The van der Waals surface area contributed by atoms with Gasteiger partial charge < -0.3 is 37.9 Å². The lowest BCUT2D eigenvalue weighted by molar-refractivity contribution is -0.282. The van der Waals surface area contributed by atoms with Gasteiger partial charge in [0.05, 0.1) is 7.11 Å². The quantitative estimate of drug-likeness (QED) is 0.162. The van der Waals surface area contributed by atoms with Crippen LogP contribution in [0.2, 0.25) is 0 Å². The Bertz CT molecular complexity index is 1430. The Kier molecular flexibility index (Phi) is 11.8. The molecule has 14 heteroatoms. The van der Waals surface area contributed by atoms with Gasteiger partial charge in [-0.15, -0.1) is 0 Å². The third kappa shape index (κ3) is 10.2. The lowest BCUT2D eigenvalue weighted by Crippen LogP contribution is -2.64. The van der Waals surface area contributed by atoms with Crippen molar-refractivity contribution in [3.63, 3.8) is 0 Å². The summed E-state index contributed by atoms with van der Waals surface area (Å²) in [6.45, 7) is 5.76. The minimum absolute atomic E-state index is 0.188. The van der Waals surface area contributed by atoms with Crippen LogP contribution in [0.4, 0.5) is 0 Å². The van der Waals surface area contributed by atoms with Gasteiger partial charge in [0, 0.05) is 40.7 Å². The number of hydrogen-bond donors (Lipinski definition) is 0. The zero-order valence-corrected chi connectivity index (χ0v) is 25.3. The summed E-state index contributed by atoms with van der Waals surface area (Å²) in [6, 6.07) is 11.0. The molecule has 1 aliphatic heterocycles. The summed E-state index contributed by atoms with van der Waals surface area (Å²) in [7, 11) is 1.08. The van der Waals surface area contributed by atoms with Crippen LogP contribution in [-0.4, -0.2) is 73.6 Å². The third-order valence-electron chi connectivity index (χ3n) is 5.86. The Morgan fingerprint density at radius 3 is 1.58 bits per heavy atom. The topological polar surface area (TPSA) is 176 Å². The highest BCUT2D eigenvalue weighted by Crippen LogP contribution is 2.32. The predicted octanol–water partition coefficient (Wildman–Crippen LogP) is 2.78. The molecule has 1 heterocycles. The van der Waals surface area contributed by atoms with Crippen LogP contribution in [0, 0.1) is 0 Å². The third-order valence-corrected chi connectivity index (χ3v) is 5.86. The molecule has 1 fully saturated rings. The Morgan fingerprint density at radius 2 is 1.09 bits per heavy atom. The monoisotopic (exact) mass is 628 g/mol. The molecule has 14 nitrogen and oxygen atoms in total. The maximum absolute atomic E-state index is 12.6. The molecule has 0 radical (unpaired) electrons. The van der Waals surface area contributed by atoms with Crippen molar-refractivity contribution in [1.29, 1.82) is 0 Å². The molecular weight excluding hydrogens is 596 g/mol. The fourth-order valence-corrected chi connectivity index (χ4v) is 4.30. The summed E-state index contributed by atoms with van der Waals surface area (Å²) in [4.78, 5) is 71.2. The van der Waals surface area contributed by atoms with Crippen molar-refractivity contribution in [1.82, 2.24) is 0 Å². The first-order valence-corrected chi connectivity index (χ1v) is 13.5. The molecule has 2 aromatic rings. The highest BCUT2D eigenvalue weighted by Gasteiger charge is 2.55. The minimum atomic E-state index is -1.60. The highest BCUT2D eigenvalue weighted by molar-refractivity contribution is 5.77. The van der Waals surface area contributed by atoms with E-state index in [1.807, 2.05) is 0 Å². The molecule has 0 N–H and O–H groups in total. The van der Waals surface area contributed by atoms with Crippen LogP contribution in [0.3, 0.4) is 0 Å². The number of ether oxygens (including phenoxy) is 8. The van der Waals surface area contributed by atoms with Gasteiger partial charge in [0.2, 0.25) is 12.4 Å². The standard InChI is InChI=1S/C31H32O14/c1-16(32)39-24-13-22(14-25(15-24)40-17(2)33)8-7-21-9-11-23(12-10-21)44-31-29(43-20(5)36)27(42-19(4)35)26(41-18(3)34)28(45-31)30(37)38-6/h7-15,26-29,31H,1-6H3. The van der Waals surface area contributed by atoms with Gasteiger partial charge in [0.25, 0.3) is 0 Å². The summed E-state index contributed by atoms with van der Waals surface area (Å²) < 4.78 is 42.7. The van der Waals surface area contributed by atoms with E-state index in [4.69, 9.17) is 37.9 Å². The molecule has 1 aliphatic rings. The molecule has 0 aromatic heterocycles. The summed E-state index contributed by atoms with van der Waals surface area (Å²) in [5.74, 6) is -3.88. The molecule has 3 rings (SSSR count). The fourth-order valence-electron chi connectivity index (χ4n) is 4.30. The van der Waals surface area contributed by atoms with Crippen molar-refractivity contribution in [2.75, 3.05) is 7.11 Å². The van der Waals surface area contributed by atoms with Crippen LogP contribution >= 0.6 is 0 Å². The summed E-state index contributed by atoms with van der Waals surface area (Å²) in [6.07, 6.45) is -4.14. The molecule has 0 spiro atoms. The molecule has 0 amide bonds. The van der Waals surface area contributed by atoms with E-state index in [1.54, 1.807) is 48.6 Å². The van der Waals surface area contributed by atoms with E-state index in [2.05, 4.69) is 0 Å². The molecule has 240 valence electrons. The lowest BCUT2D eigenvalue weighted by Gasteiger charge is -2.43. The van der Waals surface area contributed by atoms with E-state index in [1.165, 1.54) is 19.9 Å². The number of hydrogen-bond acceptors (Lipinski definition) is 14. The number of benzene rings is 2. The SMILES string of the molecule is COC(=O)C1OC(Oc2ccc(C=Cc3cc(OC(C)=O)cc(OC(C)=O)c3)cc2)C(OC(C)=O)C(OC(C)=O)C1OC(C)=O. The van der Waals surface area contributed by atoms with Crippen molar-refractivity contribution in [2.24, 2.45) is 0 Å². The van der Waals surface area contributed by atoms with Gasteiger partial charge >= 0.3 is 35.8 Å².